The molecule has 2 aromatic heterocycles. The zero-order valence-corrected chi connectivity index (χ0v) is 13.9. The second kappa shape index (κ2) is 7.58. The summed E-state index contributed by atoms with van der Waals surface area (Å²) in [5.41, 5.74) is 3.89. The van der Waals surface area contributed by atoms with E-state index in [0.717, 1.165) is 29.0 Å². The minimum absolute atomic E-state index is 0.0105. The fourth-order valence-corrected chi connectivity index (χ4v) is 2.51. The zero-order chi connectivity index (χ0) is 16.8. The molecule has 0 amide bonds. The molecule has 0 unspecified atom stereocenters. The summed E-state index contributed by atoms with van der Waals surface area (Å²) in [6, 6.07) is 3.41. The zero-order valence-electron chi connectivity index (χ0n) is 13.9. The molecule has 0 aliphatic rings. The van der Waals surface area contributed by atoms with Gasteiger partial charge in [0.2, 0.25) is 0 Å². The topological polar surface area (TPSA) is 48.0 Å². The number of nitrogens with zero attached hydrogens (tertiary/aromatic N) is 2. The predicted molar refractivity (Wildman–Crippen MR) is 93.4 cm³/mol. The molecule has 2 heterocycles. The quantitative estimate of drug-likeness (QED) is 0.751. The highest BCUT2D eigenvalue weighted by molar-refractivity contribution is 5.66. The molecule has 0 atom stereocenters. The Balaban J connectivity index is 2.27. The molecule has 0 saturated carbocycles. The Labute approximate surface area is 136 Å². The van der Waals surface area contributed by atoms with Crippen molar-refractivity contribution in [2.24, 2.45) is 0 Å². The molecule has 0 aromatic carbocycles. The van der Waals surface area contributed by atoms with Crippen molar-refractivity contribution in [1.29, 1.82) is 0 Å². The van der Waals surface area contributed by atoms with Crippen LogP contribution in [-0.2, 0) is 6.54 Å². The van der Waals surface area contributed by atoms with Crippen LogP contribution in [0.3, 0.4) is 0 Å². The molecule has 4 nitrogen and oxygen atoms in total. The molecule has 4 heteroatoms. The van der Waals surface area contributed by atoms with Gasteiger partial charge in [-0.15, -0.1) is 0 Å². The van der Waals surface area contributed by atoms with Gasteiger partial charge in [0.1, 0.15) is 5.76 Å². The lowest BCUT2D eigenvalue weighted by atomic mass is 10.1. The van der Waals surface area contributed by atoms with Crippen molar-refractivity contribution in [3.05, 3.63) is 76.6 Å². The highest BCUT2D eigenvalue weighted by atomic mass is 16.5. The largest absolute Gasteiger partial charge is 0.361 e. The molecule has 120 valence electrons. The number of aryl methyl sites for hydroxylation is 3. The lowest BCUT2D eigenvalue weighted by Crippen LogP contribution is -2.18. The lowest BCUT2D eigenvalue weighted by Gasteiger charge is -2.09. The van der Waals surface area contributed by atoms with Crippen molar-refractivity contribution >= 4 is 0 Å². The first-order chi connectivity index (χ1) is 11.1. The van der Waals surface area contributed by atoms with E-state index >= 15 is 0 Å². The molecule has 0 aliphatic carbocycles. The van der Waals surface area contributed by atoms with Crippen LogP contribution in [-0.4, -0.2) is 9.72 Å². The van der Waals surface area contributed by atoms with Crippen LogP contribution >= 0.6 is 0 Å². The van der Waals surface area contributed by atoms with Gasteiger partial charge in [0, 0.05) is 29.9 Å². The van der Waals surface area contributed by atoms with E-state index in [1.807, 2.05) is 51.3 Å². The van der Waals surface area contributed by atoms with Gasteiger partial charge in [-0.25, -0.2) is 0 Å². The third-order valence-electron chi connectivity index (χ3n) is 3.76. The summed E-state index contributed by atoms with van der Waals surface area (Å²) < 4.78 is 6.94. The first-order valence-corrected chi connectivity index (χ1v) is 7.64. The maximum atomic E-state index is 12.1. The monoisotopic (exact) mass is 310 g/mol. The molecule has 0 fully saturated rings. The summed E-state index contributed by atoms with van der Waals surface area (Å²) in [5.74, 6) is 0.760. The van der Waals surface area contributed by atoms with Crippen molar-refractivity contribution in [3.8, 4) is 11.1 Å². The van der Waals surface area contributed by atoms with Gasteiger partial charge in [0.05, 0.1) is 5.69 Å². The van der Waals surface area contributed by atoms with Crippen LogP contribution in [0.25, 0.3) is 11.1 Å². The van der Waals surface area contributed by atoms with Crippen LogP contribution in [0.15, 0.2) is 64.1 Å². The smallest absolute Gasteiger partial charge is 0.250 e. The molecule has 0 N–H and O–H groups in total. The first-order valence-electron chi connectivity index (χ1n) is 7.64. The summed E-state index contributed by atoms with van der Waals surface area (Å²) in [7, 11) is 0. The van der Waals surface area contributed by atoms with E-state index in [9.17, 15) is 4.79 Å². The molecule has 0 radical (unpaired) electrons. The van der Waals surface area contributed by atoms with Gasteiger partial charge in [-0.05, 0) is 33.3 Å². The fourth-order valence-electron chi connectivity index (χ4n) is 2.51. The van der Waals surface area contributed by atoms with Crippen LogP contribution in [0, 0.1) is 13.8 Å². The highest BCUT2D eigenvalue weighted by Gasteiger charge is 2.12. The molecule has 0 saturated heterocycles. The number of allylic oxidation sites excluding steroid dienone is 5. The van der Waals surface area contributed by atoms with Gasteiger partial charge < -0.3 is 9.09 Å². The Kier molecular flexibility index (Phi) is 5.52. The SMILES string of the molecule is C=C/C=C\C(=C/C)CCn1cc(-c2c(C)noc2C)ccc1=O. The van der Waals surface area contributed by atoms with Crippen molar-refractivity contribution in [1.82, 2.24) is 9.72 Å². The van der Waals surface area contributed by atoms with Crippen LogP contribution in [0.5, 0.6) is 0 Å². The van der Waals surface area contributed by atoms with Gasteiger partial charge in [0.15, 0.2) is 0 Å². The summed E-state index contributed by atoms with van der Waals surface area (Å²) in [5, 5.41) is 3.98. The Hall–Kier alpha value is -2.62. The maximum absolute atomic E-state index is 12.1. The predicted octanol–water partition coefficient (Wildman–Crippen LogP) is 4.20. The van der Waals surface area contributed by atoms with Gasteiger partial charge in [-0.1, -0.05) is 41.6 Å². The van der Waals surface area contributed by atoms with Crippen molar-refractivity contribution in [2.45, 2.75) is 33.7 Å². The minimum atomic E-state index is -0.0105. The highest BCUT2D eigenvalue weighted by Crippen LogP contribution is 2.25. The van der Waals surface area contributed by atoms with E-state index in [-0.39, 0.29) is 5.56 Å². The average Bonchev–Trinajstić information content (AvgIpc) is 2.88. The Morgan fingerprint density at radius 1 is 1.39 bits per heavy atom. The normalized spacial score (nSPS) is 12.0. The minimum Gasteiger partial charge on any atom is -0.361 e. The number of aromatic nitrogens is 2. The summed E-state index contributed by atoms with van der Waals surface area (Å²) in [6.45, 7) is 10.1. The van der Waals surface area contributed by atoms with Crippen molar-refractivity contribution in [3.63, 3.8) is 0 Å². The molecular weight excluding hydrogens is 288 g/mol. The standard InChI is InChI=1S/C19H22N2O2/c1-5-7-8-16(6-2)11-12-21-13-17(9-10-18(21)22)19-14(3)20-23-15(19)4/h5-10,13H,1,11-12H2,2-4H3/b8-7-,16-6+. The number of hydrogen-bond donors (Lipinski definition) is 0. The molecule has 0 aliphatic heterocycles. The third kappa shape index (κ3) is 3.97. The van der Waals surface area contributed by atoms with Crippen molar-refractivity contribution in [2.75, 3.05) is 0 Å². The van der Waals surface area contributed by atoms with E-state index in [0.29, 0.717) is 6.54 Å². The maximum Gasteiger partial charge on any atom is 0.250 e. The second-order valence-corrected chi connectivity index (χ2v) is 5.36. The average molecular weight is 310 g/mol. The van der Waals surface area contributed by atoms with Gasteiger partial charge in [0.25, 0.3) is 5.56 Å². The summed E-state index contributed by atoms with van der Waals surface area (Å²) in [4.78, 5) is 12.1. The molecular formula is C19H22N2O2. The van der Waals surface area contributed by atoms with Crippen LogP contribution in [0.1, 0.15) is 24.8 Å². The number of rotatable bonds is 6. The van der Waals surface area contributed by atoms with Crippen LogP contribution < -0.4 is 5.56 Å². The molecule has 2 rings (SSSR count). The third-order valence-corrected chi connectivity index (χ3v) is 3.76. The number of pyridine rings is 1. The number of hydrogen-bond acceptors (Lipinski definition) is 3. The van der Waals surface area contributed by atoms with E-state index < -0.39 is 0 Å². The van der Waals surface area contributed by atoms with Crippen LogP contribution in [0.4, 0.5) is 0 Å². The van der Waals surface area contributed by atoms with Gasteiger partial charge in [-0.2, -0.15) is 0 Å². The Bertz CT molecular complexity index is 788. The molecule has 23 heavy (non-hydrogen) atoms. The lowest BCUT2D eigenvalue weighted by molar-refractivity contribution is 0.393. The van der Waals surface area contributed by atoms with Gasteiger partial charge >= 0.3 is 0 Å². The molecule has 2 aromatic rings. The molecule has 0 bridgehead atoms. The fraction of sp³-hybridized carbons (Fsp3) is 0.263. The Morgan fingerprint density at radius 3 is 2.78 bits per heavy atom. The summed E-state index contributed by atoms with van der Waals surface area (Å²) in [6.07, 6.45) is 10.4. The van der Waals surface area contributed by atoms with Crippen molar-refractivity contribution < 1.29 is 4.52 Å². The second-order valence-electron chi connectivity index (χ2n) is 5.36. The van der Waals surface area contributed by atoms with E-state index in [1.54, 1.807) is 16.7 Å². The first kappa shape index (κ1) is 16.7. The van der Waals surface area contributed by atoms with Crippen LogP contribution in [0.2, 0.25) is 0 Å². The van der Waals surface area contributed by atoms with E-state index in [4.69, 9.17) is 4.52 Å². The summed E-state index contributed by atoms with van der Waals surface area (Å²) >= 11 is 0. The van der Waals surface area contributed by atoms with E-state index in [1.165, 1.54) is 5.57 Å². The Morgan fingerprint density at radius 2 is 2.17 bits per heavy atom. The molecule has 0 spiro atoms. The van der Waals surface area contributed by atoms with Gasteiger partial charge in [-0.3, -0.25) is 4.79 Å². The van der Waals surface area contributed by atoms with E-state index in [2.05, 4.69) is 11.7 Å².